The summed E-state index contributed by atoms with van der Waals surface area (Å²) in [6.07, 6.45) is 5.36. The van der Waals surface area contributed by atoms with Crippen LogP contribution in [0.3, 0.4) is 0 Å². The Morgan fingerprint density at radius 1 is 1.32 bits per heavy atom. The van der Waals surface area contributed by atoms with Crippen LogP contribution in [0.2, 0.25) is 0 Å². The van der Waals surface area contributed by atoms with Crippen LogP contribution in [0.25, 0.3) is 10.9 Å². The third-order valence-corrected chi connectivity index (χ3v) is 5.93. The van der Waals surface area contributed by atoms with Crippen LogP contribution in [-0.2, 0) is 12.8 Å². The van der Waals surface area contributed by atoms with Crippen LogP contribution in [0.15, 0.2) is 24.3 Å². The molecule has 2 aliphatic heterocycles. The molecule has 1 aromatic carbocycles. The van der Waals surface area contributed by atoms with E-state index in [1.807, 2.05) is 0 Å². The van der Waals surface area contributed by atoms with E-state index in [-0.39, 0.29) is 11.5 Å². The van der Waals surface area contributed by atoms with Crippen molar-refractivity contribution in [3.63, 3.8) is 0 Å². The van der Waals surface area contributed by atoms with Crippen LogP contribution in [0, 0.1) is 5.41 Å². The fourth-order valence-electron chi connectivity index (χ4n) is 4.67. The molecule has 3 nitrogen and oxygen atoms in total. The minimum Gasteiger partial charge on any atom is -0.392 e. The van der Waals surface area contributed by atoms with Gasteiger partial charge in [-0.2, -0.15) is 0 Å². The van der Waals surface area contributed by atoms with E-state index in [2.05, 4.69) is 41.1 Å². The Bertz CT molecular complexity index is 677. The van der Waals surface area contributed by atoms with Crippen molar-refractivity contribution in [2.45, 2.75) is 45.1 Å². The molecule has 0 amide bonds. The highest BCUT2D eigenvalue weighted by molar-refractivity contribution is 5.84. The lowest BCUT2D eigenvalue weighted by atomic mass is 9.73. The first-order valence-electron chi connectivity index (χ1n) is 8.68. The zero-order valence-electron chi connectivity index (χ0n) is 13.4. The highest BCUT2D eigenvalue weighted by Crippen LogP contribution is 2.40. The summed E-state index contributed by atoms with van der Waals surface area (Å²) in [5.41, 5.74) is 4.50. The third-order valence-electron chi connectivity index (χ3n) is 5.93. The van der Waals surface area contributed by atoms with Gasteiger partial charge >= 0.3 is 0 Å². The second kappa shape index (κ2) is 5.39. The lowest BCUT2D eigenvalue weighted by Crippen LogP contribution is -2.49. The zero-order chi connectivity index (χ0) is 15.2. The summed E-state index contributed by atoms with van der Waals surface area (Å²) in [6, 6.07) is 8.68. The van der Waals surface area contributed by atoms with Crippen LogP contribution in [0.1, 0.15) is 37.4 Å². The molecule has 2 N–H and O–H groups in total. The number of benzene rings is 1. The number of fused-ring (bicyclic) bond motifs is 5. The van der Waals surface area contributed by atoms with E-state index in [0.29, 0.717) is 0 Å². The molecule has 0 saturated carbocycles. The number of hydrogen-bond acceptors (Lipinski definition) is 2. The molecule has 0 aliphatic carbocycles. The van der Waals surface area contributed by atoms with Crippen LogP contribution >= 0.6 is 0 Å². The summed E-state index contributed by atoms with van der Waals surface area (Å²) >= 11 is 0. The number of para-hydroxylation sites is 1. The summed E-state index contributed by atoms with van der Waals surface area (Å²) in [5, 5.41) is 11.7. The second-order valence-corrected chi connectivity index (χ2v) is 7.32. The number of aromatic amines is 1. The summed E-state index contributed by atoms with van der Waals surface area (Å²) in [7, 11) is 0. The molecule has 1 aromatic heterocycles. The molecule has 1 fully saturated rings. The fraction of sp³-hybridized carbons (Fsp3) is 0.579. The Labute approximate surface area is 132 Å². The molecule has 1 saturated heterocycles. The van der Waals surface area contributed by atoms with Gasteiger partial charge in [-0.3, -0.25) is 4.90 Å². The Morgan fingerprint density at radius 3 is 3.05 bits per heavy atom. The monoisotopic (exact) mass is 298 g/mol. The maximum absolute atomic E-state index is 10.3. The van der Waals surface area contributed by atoms with E-state index < -0.39 is 0 Å². The standard InChI is InChI=1S/C19H26N2O/c1-2-19-9-7-18-16(15-5-3-4-6-17(15)20-18)8-10-21(13-19)12-14(22)11-19/h3-6,14,20,22H,2,7-13H2,1H3. The van der Waals surface area contributed by atoms with E-state index in [1.165, 1.54) is 28.6 Å². The van der Waals surface area contributed by atoms with Gasteiger partial charge in [-0.15, -0.1) is 0 Å². The normalized spacial score (nSPS) is 32.1. The highest BCUT2D eigenvalue weighted by atomic mass is 16.3. The first kappa shape index (κ1) is 14.3. The molecule has 3 heterocycles. The summed E-state index contributed by atoms with van der Waals surface area (Å²) < 4.78 is 0. The van der Waals surface area contributed by atoms with Gasteiger partial charge in [-0.1, -0.05) is 25.1 Å². The average Bonchev–Trinajstić information content (AvgIpc) is 2.89. The molecule has 3 heteroatoms. The Balaban J connectivity index is 1.74. The lowest BCUT2D eigenvalue weighted by molar-refractivity contribution is -0.0149. The molecule has 3 atom stereocenters. The highest BCUT2D eigenvalue weighted by Gasteiger charge is 2.38. The number of aryl methyl sites for hydroxylation is 1. The van der Waals surface area contributed by atoms with E-state index in [0.717, 1.165) is 45.3 Å². The van der Waals surface area contributed by atoms with Crippen molar-refractivity contribution in [3.8, 4) is 0 Å². The smallest absolute Gasteiger partial charge is 0.0672 e. The van der Waals surface area contributed by atoms with E-state index in [9.17, 15) is 5.11 Å². The van der Waals surface area contributed by atoms with E-state index in [4.69, 9.17) is 0 Å². The molecule has 4 rings (SSSR count). The summed E-state index contributed by atoms with van der Waals surface area (Å²) in [6.45, 7) is 5.36. The molecule has 2 aliphatic rings. The van der Waals surface area contributed by atoms with Crippen molar-refractivity contribution in [1.29, 1.82) is 0 Å². The van der Waals surface area contributed by atoms with Gasteiger partial charge in [0.1, 0.15) is 0 Å². The number of rotatable bonds is 1. The predicted molar refractivity (Wildman–Crippen MR) is 90.1 cm³/mol. The molecule has 22 heavy (non-hydrogen) atoms. The summed E-state index contributed by atoms with van der Waals surface area (Å²) in [5.74, 6) is 0. The Hall–Kier alpha value is -1.32. The number of H-pyrrole nitrogens is 1. The number of aliphatic hydroxyl groups is 1. The third kappa shape index (κ3) is 2.37. The minimum absolute atomic E-state index is 0.151. The van der Waals surface area contributed by atoms with Crippen LogP contribution in [-0.4, -0.2) is 40.7 Å². The molecule has 3 unspecified atom stereocenters. The van der Waals surface area contributed by atoms with Gasteiger partial charge in [0.05, 0.1) is 6.10 Å². The first-order chi connectivity index (χ1) is 10.7. The molecule has 118 valence electrons. The van der Waals surface area contributed by atoms with E-state index in [1.54, 1.807) is 0 Å². The molecule has 0 radical (unpaired) electrons. The number of nitrogens with one attached hydrogen (secondary N) is 1. The molecule has 2 bridgehead atoms. The van der Waals surface area contributed by atoms with Crippen molar-refractivity contribution in [3.05, 3.63) is 35.5 Å². The minimum atomic E-state index is -0.151. The first-order valence-corrected chi connectivity index (χ1v) is 8.68. The predicted octanol–water partition coefficient (Wildman–Crippen LogP) is 3.12. The van der Waals surface area contributed by atoms with Gasteiger partial charge in [-0.25, -0.2) is 0 Å². The number of hydrogen-bond donors (Lipinski definition) is 2. The van der Waals surface area contributed by atoms with Gasteiger partial charge in [0.2, 0.25) is 0 Å². The van der Waals surface area contributed by atoms with Crippen molar-refractivity contribution in [1.82, 2.24) is 9.88 Å². The van der Waals surface area contributed by atoms with E-state index >= 15 is 0 Å². The van der Waals surface area contributed by atoms with Gasteiger partial charge < -0.3 is 10.1 Å². The lowest BCUT2D eigenvalue weighted by Gasteiger charge is -2.44. The van der Waals surface area contributed by atoms with Crippen LogP contribution in [0.5, 0.6) is 0 Å². The van der Waals surface area contributed by atoms with Crippen molar-refractivity contribution in [2.24, 2.45) is 5.41 Å². The van der Waals surface area contributed by atoms with Crippen LogP contribution < -0.4 is 0 Å². The quantitative estimate of drug-likeness (QED) is 0.849. The van der Waals surface area contributed by atoms with Crippen molar-refractivity contribution >= 4 is 10.9 Å². The average molecular weight is 298 g/mol. The van der Waals surface area contributed by atoms with Crippen LogP contribution in [0.4, 0.5) is 0 Å². The Kier molecular flexibility index (Phi) is 3.50. The van der Waals surface area contributed by atoms with Crippen molar-refractivity contribution in [2.75, 3.05) is 19.6 Å². The number of nitrogens with zero attached hydrogens (tertiary/aromatic N) is 1. The number of piperidine rings is 1. The second-order valence-electron chi connectivity index (χ2n) is 7.32. The summed E-state index contributed by atoms with van der Waals surface area (Å²) in [4.78, 5) is 6.16. The molecule has 0 spiro atoms. The van der Waals surface area contributed by atoms with Gasteiger partial charge in [0.15, 0.2) is 0 Å². The Morgan fingerprint density at radius 2 is 2.18 bits per heavy atom. The van der Waals surface area contributed by atoms with Gasteiger partial charge in [0, 0.05) is 36.2 Å². The number of aromatic nitrogens is 1. The fourth-order valence-corrected chi connectivity index (χ4v) is 4.67. The maximum Gasteiger partial charge on any atom is 0.0672 e. The molecular weight excluding hydrogens is 272 g/mol. The topological polar surface area (TPSA) is 39.3 Å². The molecule has 2 aromatic rings. The SMILES string of the molecule is CCC12CCc3[nH]c4ccccc4c3CCN(CC(O)C1)C2. The van der Waals surface area contributed by atoms with Gasteiger partial charge in [0.25, 0.3) is 0 Å². The largest absolute Gasteiger partial charge is 0.392 e. The number of aliphatic hydroxyl groups excluding tert-OH is 1. The molecular formula is C19H26N2O. The maximum atomic E-state index is 10.3. The van der Waals surface area contributed by atoms with Gasteiger partial charge in [-0.05, 0) is 49.1 Å². The zero-order valence-corrected chi connectivity index (χ0v) is 13.4. The van der Waals surface area contributed by atoms with Crippen molar-refractivity contribution < 1.29 is 5.11 Å².